The number of fused-ring (bicyclic) bond motifs is 6. The van der Waals surface area contributed by atoms with Gasteiger partial charge in [-0.2, -0.15) is 0 Å². The highest BCUT2D eigenvalue weighted by molar-refractivity contribution is 7.00. The molecule has 0 heterocycles. The Labute approximate surface area is 477 Å². The number of nitrogens with zero attached hydrogens (tertiary/aromatic N) is 2. The smallest absolute Gasteiger partial charge is 0.0579 e. The van der Waals surface area contributed by atoms with Crippen LogP contribution in [0.4, 0.5) is 34.1 Å². The average molecular weight is 1070 g/mol. The highest BCUT2D eigenvalue weighted by Crippen LogP contribution is 2.61. The summed E-state index contributed by atoms with van der Waals surface area (Å²) >= 11 is 0. The Morgan fingerprint density at radius 3 is 1.00 bits per heavy atom. The quantitative estimate of drug-likeness (QED) is 0.113. The van der Waals surface area contributed by atoms with Gasteiger partial charge in [0, 0.05) is 38.8 Å². The van der Waals surface area contributed by atoms with Crippen molar-refractivity contribution in [3.05, 3.63) is 191 Å². The fourth-order valence-corrected chi connectivity index (χ4v) is 30.1. The molecule has 0 N–H and O–H groups in total. The van der Waals surface area contributed by atoms with Gasteiger partial charge in [0.15, 0.2) is 0 Å². The predicted octanol–water partition coefficient (Wildman–Crippen LogP) is 23.1. The van der Waals surface area contributed by atoms with E-state index in [2.05, 4.69) is 207 Å². The minimum Gasteiger partial charge on any atom is -0.310 e. The van der Waals surface area contributed by atoms with Gasteiger partial charge in [0.2, 0.25) is 0 Å². The van der Waals surface area contributed by atoms with E-state index < -0.39 is 16.1 Å². The van der Waals surface area contributed by atoms with Crippen LogP contribution in [-0.2, 0) is 4.66 Å². The summed E-state index contributed by atoms with van der Waals surface area (Å²) in [5.74, 6) is 2.75. The third kappa shape index (κ3) is 9.77. The van der Waals surface area contributed by atoms with Gasteiger partial charge < -0.3 is 9.80 Å². The fourth-order valence-electron chi connectivity index (χ4n) is 17.1. The van der Waals surface area contributed by atoms with Gasteiger partial charge in [-0.15, -0.1) is 0 Å². The molecule has 2 nitrogen and oxygen atoms in total. The van der Waals surface area contributed by atoms with Crippen LogP contribution < -0.4 is 9.80 Å². The van der Waals surface area contributed by atoms with Crippen LogP contribution in [0.25, 0.3) is 32.7 Å². The fraction of sp³-hybridized carbons (Fsp3) is 0.413. The first-order valence-corrected chi connectivity index (χ1v) is 38.6. The Hall–Kier alpha value is -5.69. The van der Waals surface area contributed by atoms with E-state index in [1.54, 1.807) is 11.1 Å². The third-order valence-corrected chi connectivity index (χ3v) is 30.7. The van der Waals surface area contributed by atoms with Crippen molar-refractivity contribution in [1.29, 1.82) is 0 Å². The monoisotopic (exact) mass is 1070 g/mol. The molecule has 13 rings (SSSR count). The maximum atomic E-state index is 2.69. The Balaban J connectivity index is 0.915. The van der Waals surface area contributed by atoms with Crippen LogP contribution in [-0.4, -0.2) is 16.1 Å². The molecule has 0 saturated heterocycles. The van der Waals surface area contributed by atoms with E-state index in [-0.39, 0.29) is 4.66 Å². The molecule has 0 atom stereocenters. The van der Waals surface area contributed by atoms with E-state index in [0.717, 1.165) is 0 Å². The van der Waals surface area contributed by atoms with Crippen LogP contribution in [0.5, 0.6) is 0 Å². The lowest BCUT2D eigenvalue weighted by Gasteiger charge is -2.51. The van der Waals surface area contributed by atoms with E-state index in [4.69, 9.17) is 0 Å². The molecule has 0 amide bonds. The molecule has 4 heteroatoms. The molecule has 0 spiro atoms. The zero-order valence-electron chi connectivity index (χ0n) is 48.9. The molecule has 4 saturated carbocycles. The molecule has 0 unspecified atom stereocenters. The molecule has 79 heavy (non-hydrogen) atoms. The standard InChI is InChI=1S/C75H88N2Si2/c1-78(2,3)75(79(4,5)6)73-52-63-50-68(76(64-37-27-57(28-38-64)53-19-11-7-12-20-53)65-39-29-58(30-40-65)54-21-13-8-14-22-54)45-35-61(63)51-72(73)71-47-36-62-49-69(46-48-70(62)74(71)75)77(66-41-31-59(32-42-66)55-23-15-9-16-24-55)67-43-33-60(34-44-67)56-25-17-10-18-26-56/h27-56H,7-26H2,1-6H3. The SMILES string of the molecule is C[Si](C)(C)C1([Si](C)(C)C)c2cc3cc(N(c4ccc(C5CCCCC5)cc4)c4ccc(C5CCCCC5)cc4)ccc3cc2-c2ccc3cc(N(c4ccc(C5CCCCC5)cc4)c4ccc(C5CCCCC5)cc4)ccc3c21. The second-order valence-corrected chi connectivity index (χ2v) is 38.4. The van der Waals surface area contributed by atoms with Gasteiger partial charge in [-0.3, -0.25) is 0 Å². The van der Waals surface area contributed by atoms with Gasteiger partial charge >= 0.3 is 0 Å². The van der Waals surface area contributed by atoms with Crippen molar-refractivity contribution in [2.45, 2.75) is 196 Å². The van der Waals surface area contributed by atoms with Crippen LogP contribution in [0.15, 0.2) is 158 Å². The Morgan fingerprint density at radius 2 is 0.633 bits per heavy atom. The summed E-state index contributed by atoms with van der Waals surface area (Å²) in [5, 5.41) is 5.45. The Morgan fingerprint density at radius 1 is 0.304 bits per heavy atom. The number of rotatable bonds is 12. The maximum Gasteiger partial charge on any atom is 0.0579 e. The molecule has 0 aromatic heterocycles. The van der Waals surface area contributed by atoms with Gasteiger partial charge in [0.1, 0.15) is 0 Å². The average Bonchev–Trinajstić information content (AvgIpc) is 2.94. The minimum atomic E-state index is -2.04. The third-order valence-electron chi connectivity index (χ3n) is 20.7. The van der Waals surface area contributed by atoms with Crippen LogP contribution in [0, 0.1) is 0 Å². The van der Waals surface area contributed by atoms with Gasteiger partial charge in [-0.25, -0.2) is 0 Å². The lowest BCUT2D eigenvalue weighted by molar-refractivity contribution is 0.443. The Bertz CT molecular complexity index is 3290. The van der Waals surface area contributed by atoms with Crippen molar-refractivity contribution in [2.75, 3.05) is 9.80 Å². The summed E-state index contributed by atoms with van der Waals surface area (Å²) in [6.45, 7) is 16.1. The summed E-state index contributed by atoms with van der Waals surface area (Å²) in [5.41, 5.74) is 19.6. The molecule has 0 radical (unpaired) electrons. The molecule has 8 aromatic rings. The largest absolute Gasteiger partial charge is 0.310 e. The number of hydrogen-bond donors (Lipinski definition) is 0. The normalized spacial score (nSPS) is 18.7. The van der Waals surface area contributed by atoms with Gasteiger partial charge in [0.05, 0.1) is 16.1 Å². The number of anilines is 6. The van der Waals surface area contributed by atoms with E-state index >= 15 is 0 Å². The van der Waals surface area contributed by atoms with Gasteiger partial charge in [-0.05, 0) is 220 Å². The van der Waals surface area contributed by atoms with Crippen molar-refractivity contribution < 1.29 is 0 Å². The second kappa shape index (κ2) is 21.7. The van der Waals surface area contributed by atoms with Crippen molar-refractivity contribution in [3.8, 4) is 11.1 Å². The van der Waals surface area contributed by atoms with Gasteiger partial charge in [-0.1, -0.05) is 195 Å². The summed E-state index contributed by atoms with van der Waals surface area (Å²) in [6.07, 6.45) is 27.0. The number of hydrogen-bond acceptors (Lipinski definition) is 2. The van der Waals surface area contributed by atoms with Crippen LogP contribution in [0.3, 0.4) is 0 Å². The second-order valence-electron chi connectivity index (χ2n) is 27.4. The first-order chi connectivity index (χ1) is 38.4. The van der Waals surface area contributed by atoms with Crippen molar-refractivity contribution in [3.63, 3.8) is 0 Å². The lowest BCUT2D eigenvalue weighted by Crippen LogP contribution is -2.63. The predicted molar refractivity (Wildman–Crippen MR) is 347 cm³/mol. The minimum absolute atomic E-state index is 0.0247. The van der Waals surface area contributed by atoms with Crippen LogP contribution in [0.1, 0.15) is 185 Å². The van der Waals surface area contributed by atoms with Crippen LogP contribution >= 0.6 is 0 Å². The highest BCUT2D eigenvalue weighted by atomic mass is 28.4. The first-order valence-electron chi connectivity index (χ1n) is 31.6. The highest BCUT2D eigenvalue weighted by Gasteiger charge is 2.60. The maximum absolute atomic E-state index is 2.69. The molecule has 406 valence electrons. The Kier molecular flexibility index (Phi) is 14.4. The molecule has 5 aliphatic rings. The molecule has 4 fully saturated rings. The topological polar surface area (TPSA) is 6.48 Å². The molecule has 0 aliphatic heterocycles. The summed E-state index contributed by atoms with van der Waals surface area (Å²) in [7, 11) is -4.07. The molecule has 5 aliphatic carbocycles. The molecule has 0 bridgehead atoms. The molecular weight excluding hydrogens is 985 g/mol. The van der Waals surface area contributed by atoms with Gasteiger partial charge in [0.25, 0.3) is 0 Å². The summed E-state index contributed by atoms with van der Waals surface area (Å²) < 4.78 is -0.0247. The lowest BCUT2D eigenvalue weighted by atomic mass is 9.84. The molecule has 8 aromatic carbocycles. The zero-order chi connectivity index (χ0) is 53.9. The van der Waals surface area contributed by atoms with Crippen molar-refractivity contribution in [2.24, 2.45) is 0 Å². The van der Waals surface area contributed by atoms with Crippen molar-refractivity contribution in [1.82, 2.24) is 0 Å². The summed E-state index contributed by atoms with van der Waals surface area (Å²) in [4.78, 5) is 5.09. The van der Waals surface area contributed by atoms with E-state index in [0.29, 0.717) is 23.7 Å². The van der Waals surface area contributed by atoms with Crippen LogP contribution in [0.2, 0.25) is 39.3 Å². The van der Waals surface area contributed by atoms with E-state index in [9.17, 15) is 0 Å². The zero-order valence-corrected chi connectivity index (χ0v) is 50.9. The first kappa shape index (κ1) is 52.7. The van der Waals surface area contributed by atoms with E-state index in [1.165, 1.54) is 217 Å². The van der Waals surface area contributed by atoms with E-state index in [1.807, 2.05) is 0 Å². The summed E-state index contributed by atoms with van der Waals surface area (Å²) in [6, 6.07) is 64.1. The van der Waals surface area contributed by atoms with Crippen molar-refractivity contribution >= 4 is 71.8 Å². The molecular formula is C75H88N2Si2. The number of benzene rings is 8.